The average Bonchev–Trinajstić information content (AvgIpc) is 2.75. The fourth-order valence-corrected chi connectivity index (χ4v) is 5.03. The summed E-state index contributed by atoms with van der Waals surface area (Å²) in [5.74, 6) is 0.431. The Bertz CT molecular complexity index is 942. The molecule has 2 aromatic rings. The van der Waals surface area contributed by atoms with Crippen LogP contribution in [0.4, 0.5) is 0 Å². The number of nitrogens with zero attached hydrogens (tertiary/aromatic N) is 1. The number of rotatable bonds is 11. The number of hydrogen-bond donors (Lipinski definition) is 1. The van der Waals surface area contributed by atoms with Gasteiger partial charge in [0.25, 0.3) is 0 Å². The largest absolute Gasteiger partial charge is 0.354 e. The van der Waals surface area contributed by atoms with Gasteiger partial charge in [-0.2, -0.15) is 0 Å². The van der Waals surface area contributed by atoms with E-state index >= 15 is 0 Å². The van der Waals surface area contributed by atoms with Gasteiger partial charge in [-0.3, -0.25) is 9.59 Å². The minimum atomic E-state index is -0.597. The number of carbonyl (C=O) groups excluding carboxylic acids is 2. The van der Waals surface area contributed by atoms with Gasteiger partial charge in [0.15, 0.2) is 0 Å². The number of benzene rings is 2. The average molecular weight is 536 g/mol. The summed E-state index contributed by atoms with van der Waals surface area (Å²) in [5.41, 5.74) is 1.63. The highest BCUT2D eigenvalue weighted by molar-refractivity contribution is 7.99. The number of halogens is 4. The zero-order chi connectivity index (χ0) is 23.7. The predicted octanol–water partition coefficient (Wildman–Crippen LogP) is 6.87. The lowest BCUT2D eigenvalue weighted by atomic mass is 10.1. The Morgan fingerprint density at radius 2 is 1.56 bits per heavy atom. The number of nitrogens with one attached hydrogen (secondary N) is 1. The third-order valence-corrected chi connectivity index (χ3v) is 6.93. The van der Waals surface area contributed by atoms with Crippen LogP contribution in [0.2, 0.25) is 20.1 Å². The molecule has 2 aromatic carbocycles. The first-order chi connectivity index (χ1) is 15.3. The maximum atomic E-state index is 13.2. The van der Waals surface area contributed by atoms with Crippen molar-refractivity contribution in [1.29, 1.82) is 0 Å². The standard InChI is InChI=1S/C23H26Cl4N2O2S/c1-3-9-28-23(31)21(4-2)29(12-15-5-7-17(24)10-19(15)26)22(30)14-32-13-16-6-8-18(25)11-20(16)27/h5-8,10-11,21H,3-4,9,12-14H2,1-2H3,(H,28,31)/t21-/m0/s1. The van der Waals surface area contributed by atoms with Crippen LogP contribution in [0.25, 0.3) is 0 Å². The van der Waals surface area contributed by atoms with Crippen LogP contribution in [0.3, 0.4) is 0 Å². The minimum absolute atomic E-state index is 0.149. The van der Waals surface area contributed by atoms with Crippen LogP contribution in [-0.2, 0) is 21.9 Å². The lowest BCUT2D eigenvalue weighted by Crippen LogP contribution is -2.49. The van der Waals surface area contributed by atoms with E-state index in [1.165, 1.54) is 11.8 Å². The van der Waals surface area contributed by atoms with Gasteiger partial charge >= 0.3 is 0 Å². The zero-order valence-corrected chi connectivity index (χ0v) is 21.8. The quantitative estimate of drug-likeness (QED) is 0.341. The Kier molecular flexibility index (Phi) is 11.5. The molecule has 0 heterocycles. The third-order valence-electron chi connectivity index (χ3n) is 4.79. The number of amides is 2. The zero-order valence-electron chi connectivity index (χ0n) is 18.0. The van der Waals surface area contributed by atoms with E-state index in [4.69, 9.17) is 46.4 Å². The molecule has 0 aromatic heterocycles. The van der Waals surface area contributed by atoms with Gasteiger partial charge in [0.1, 0.15) is 6.04 Å². The maximum absolute atomic E-state index is 13.2. The van der Waals surface area contributed by atoms with E-state index in [-0.39, 0.29) is 24.1 Å². The first kappa shape index (κ1) is 27.1. The Hall–Kier alpha value is -1.11. The number of carbonyl (C=O) groups is 2. The molecule has 0 saturated heterocycles. The molecule has 0 aliphatic carbocycles. The van der Waals surface area contributed by atoms with E-state index in [9.17, 15) is 9.59 Å². The van der Waals surface area contributed by atoms with Crippen molar-refractivity contribution in [1.82, 2.24) is 10.2 Å². The van der Waals surface area contributed by atoms with E-state index < -0.39 is 6.04 Å². The molecule has 9 heteroatoms. The fraction of sp³-hybridized carbons (Fsp3) is 0.391. The van der Waals surface area contributed by atoms with Gasteiger partial charge in [-0.1, -0.05) is 72.4 Å². The van der Waals surface area contributed by atoms with Crippen molar-refractivity contribution in [2.45, 2.75) is 45.0 Å². The fourth-order valence-electron chi connectivity index (χ4n) is 3.09. The monoisotopic (exact) mass is 534 g/mol. The molecule has 174 valence electrons. The van der Waals surface area contributed by atoms with Crippen LogP contribution in [0.5, 0.6) is 0 Å². The van der Waals surface area contributed by atoms with Gasteiger partial charge in [0, 0.05) is 38.9 Å². The smallest absolute Gasteiger partial charge is 0.242 e. The van der Waals surface area contributed by atoms with Crippen molar-refractivity contribution in [3.8, 4) is 0 Å². The summed E-state index contributed by atoms with van der Waals surface area (Å²) >= 11 is 26.0. The predicted molar refractivity (Wildman–Crippen MR) is 137 cm³/mol. The molecule has 0 radical (unpaired) electrons. The summed E-state index contributed by atoms with van der Waals surface area (Å²) in [4.78, 5) is 27.6. The molecule has 4 nitrogen and oxygen atoms in total. The molecule has 2 rings (SSSR count). The van der Waals surface area contributed by atoms with E-state index in [0.717, 1.165) is 17.5 Å². The van der Waals surface area contributed by atoms with Gasteiger partial charge in [0.05, 0.1) is 5.75 Å². The molecule has 0 aliphatic rings. The Morgan fingerprint density at radius 1 is 0.969 bits per heavy atom. The minimum Gasteiger partial charge on any atom is -0.354 e. The highest BCUT2D eigenvalue weighted by atomic mass is 35.5. The second-order valence-corrected chi connectivity index (χ2v) is 9.87. The number of thioether (sulfide) groups is 1. The van der Waals surface area contributed by atoms with E-state index in [1.807, 2.05) is 19.9 Å². The number of hydrogen-bond acceptors (Lipinski definition) is 3. The summed E-state index contributed by atoms with van der Waals surface area (Å²) < 4.78 is 0. The summed E-state index contributed by atoms with van der Waals surface area (Å²) in [6.45, 7) is 4.65. The molecule has 1 atom stereocenters. The van der Waals surface area contributed by atoms with Crippen LogP contribution in [0.1, 0.15) is 37.8 Å². The first-order valence-corrected chi connectivity index (χ1v) is 13.0. The van der Waals surface area contributed by atoms with Gasteiger partial charge in [-0.15, -0.1) is 11.8 Å². The molecule has 32 heavy (non-hydrogen) atoms. The van der Waals surface area contributed by atoms with Crippen molar-refractivity contribution in [2.75, 3.05) is 12.3 Å². The van der Waals surface area contributed by atoms with Crippen molar-refractivity contribution < 1.29 is 9.59 Å². The third kappa shape index (κ3) is 8.03. The highest BCUT2D eigenvalue weighted by Gasteiger charge is 2.28. The highest BCUT2D eigenvalue weighted by Crippen LogP contribution is 2.27. The Balaban J connectivity index is 2.17. The van der Waals surface area contributed by atoms with E-state index in [2.05, 4.69) is 5.32 Å². The van der Waals surface area contributed by atoms with Crippen molar-refractivity contribution in [3.05, 3.63) is 67.6 Å². The normalized spacial score (nSPS) is 11.8. The summed E-state index contributed by atoms with van der Waals surface area (Å²) in [6.07, 6.45) is 1.30. The van der Waals surface area contributed by atoms with Crippen LogP contribution in [0.15, 0.2) is 36.4 Å². The SMILES string of the molecule is CCCNC(=O)[C@H](CC)N(Cc1ccc(Cl)cc1Cl)C(=O)CSCc1ccc(Cl)cc1Cl. The van der Waals surface area contributed by atoms with Crippen LogP contribution < -0.4 is 5.32 Å². The summed E-state index contributed by atoms with van der Waals surface area (Å²) in [7, 11) is 0. The molecule has 1 N–H and O–H groups in total. The van der Waals surface area contributed by atoms with Crippen molar-refractivity contribution in [3.63, 3.8) is 0 Å². The molecule has 0 bridgehead atoms. The lowest BCUT2D eigenvalue weighted by Gasteiger charge is -2.31. The molecule has 0 fully saturated rings. The van der Waals surface area contributed by atoms with Gasteiger partial charge in [-0.25, -0.2) is 0 Å². The van der Waals surface area contributed by atoms with Crippen LogP contribution in [0, 0.1) is 0 Å². The molecular weight excluding hydrogens is 510 g/mol. The van der Waals surface area contributed by atoms with Crippen molar-refractivity contribution >= 4 is 70.0 Å². The molecule has 2 amide bonds. The second kappa shape index (κ2) is 13.6. The van der Waals surface area contributed by atoms with E-state index in [1.54, 1.807) is 35.2 Å². The Labute approximate surface area is 213 Å². The van der Waals surface area contributed by atoms with Crippen LogP contribution >= 0.6 is 58.2 Å². The maximum Gasteiger partial charge on any atom is 0.242 e. The van der Waals surface area contributed by atoms with Gasteiger partial charge in [0.2, 0.25) is 11.8 Å². The summed E-state index contributed by atoms with van der Waals surface area (Å²) in [6, 6.07) is 9.84. The molecule has 0 unspecified atom stereocenters. The Morgan fingerprint density at radius 3 is 2.09 bits per heavy atom. The van der Waals surface area contributed by atoms with Gasteiger partial charge < -0.3 is 10.2 Å². The summed E-state index contributed by atoms with van der Waals surface area (Å²) in [5, 5.41) is 5.00. The van der Waals surface area contributed by atoms with E-state index in [0.29, 0.717) is 38.8 Å². The van der Waals surface area contributed by atoms with Crippen molar-refractivity contribution in [2.24, 2.45) is 0 Å². The van der Waals surface area contributed by atoms with Gasteiger partial charge in [-0.05, 0) is 48.2 Å². The molecule has 0 spiro atoms. The molecule has 0 saturated carbocycles. The van der Waals surface area contributed by atoms with Crippen LogP contribution in [-0.4, -0.2) is 35.1 Å². The second-order valence-electron chi connectivity index (χ2n) is 7.20. The topological polar surface area (TPSA) is 49.4 Å². The molecule has 0 aliphatic heterocycles. The first-order valence-electron chi connectivity index (χ1n) is 10.3. The lowest BCUT2D eigenvalue weighted by molar-refractivity contribution is -0.139. The molecular formula is C23H26Cl4N2O2S.